The largest absolute Gasteiger partial charge is 0.322 e. The Kier molecular flexibility index (Phi) is 6.86. The van der Waals surface area contributed by atoms with Gasteiger partial charge in [-0.25, -0.2) is 9.18 Å². The van der Waals surface area contributed by atoms with Crippen LogP contribution >= 0.6 is 0 Å². The van der Waals surface area contributed by atoms with Gasteiger partial charge in [0, 0.05) is 52.4 Å². The van der Waals surface area contributed by atoms with E-state index in [1.54, 1.807) is 0 Å². The number of carbonyl (C=O) groups excluding carboxylic acids is 1. The third kappa shape index (κ3) is 5.42. The highest BCUT2D eigenvalue weighted by Gasteiger charge is 2.26. The van der Waals surface area contributed by atoms with E-state index in [1.165, 1.54) is 17.7 Å². The number of amides is 2. The number of rotatable bonds is 5. The number of nitrogens with zero attached hydrogens (tertiary/aromatic N) is 4. The summed E-state index contributed by atoms with van der Waals surface area (Å²) in [5, 5.41) is 0. The zero-order chi connectivity index (χ0) is 18.4. The molecule has 1 aromatic carbocycles. The number of benzene rings is 1. The molecule has 2 amide bonds. The van der Waals surface area contributed by atoms with Crippen molar-refractivity contribution < 1.29 is 9.18 Å². The topological polar surface area (TPSA) is 30.0 Å². The second-order valence-corrected chi connectivity index (χ2v) is 7.49. The number of piperazine rings is 2. The third-order valence-corrected chi connectivity index (χ3v) is 5.52. The molecule has 0 atom stereocenters. The second-order valence-electron chi connectivity index (χ2n) is 7.49. The van der Waals surface area contributed by atoms with Crippen molar-refractivity contribution in [3.63, 3.8) is 0 Å². The zero-order valence-corrected chi connectivity index (χ0v) is 15.9. The average Bonchev–Trinajstić information content (AvgIpc) is 2.67. The molecule has 2 saturated heterocycles. The van der Waals surface area contributed by atoms with Crippen LogP contribution in [-0.4, -0.2) is 91.6 Å². The van der Waals surface area contributed by atoms with E-state index in [4.69, 9.17) is 0 Å². The lowest BCUT2D eigenvalue weighted by Crippen LogP contribution is -2.56. The number of unbranched alkanes of at least 4 members (excludes halogenated alkanes) is 1. The Morgan fingerprint density at radius 2 is 1.46 bits per heavy atom. The van der Waals surface area contributed by atoms with Gasteiger partial charge in [-0.05, 0) is 50.6 Å². The number of hydrogen-bond donors (Lipinski definition) is 0. The normalized spacial score (nSPS) is 19.8. The highest BCUT2D eigenvalue weighted by Crippen LogP contribution is 2.11. The number of likely N-dealkylation sites (N-methyl/N-ethyl adjacent to an activating group) is 1. The minimum absolute atomic E-state index is 0.169. The fraction of sp³-hybridized carbons (Fsp3) is 0.650. The maximum atomic E-state index is 12.9. The molecule has 0 radical (unpaired) electrons. The molecule has 0 saturated carbocycles. The van der Waals surface area contributed by atoms with Crippen molar-refractivity contribution >= 4 is 6.03 Å². The first-order valence-electron chi connectivity index (χ1n) is 9.81. The fourth-order valence-electron chi connectivity index (χ4n) is 3.68. The molecule has 1 aromatic rings. The van der Waals surface area contributed by atoms with Gasteiger partial charge in [-0.1, -0.05) is 12.1 Å². The van der Waals surface area contributed by atoms with Crippen molar-refractivity contribution in [3.05, 3.63) is 35.6 Å². The van der Waals surface area contributed by atoms with E-state index in [0.29, 0.717) is 0 Å². The van der Waals surface area contributed by atoms with Crippen LogP contribution in [0.3, 0.4) is 0 Å². The smallest absolute Gasteiger partial charge is 0.320 e. The summed E-state index contributed by atoms with van der Waals surface area (Å²) < 4.78 is 12.9. The number of carbonyl (C=O) groups is 1. The van der Waals surface area contributed by atoms with Crippen LogP contribution in [0.4, 0.5) is 9.18 Å². The van der Waals surface area contributed by atoms with Crippen molar-refractivity contribution in [2.75, 3.05) is 66.0 Å². The summed E-state index contributed by atoms with van der Waals surface area (Å²) in [5.41, 5.74) is 1.20. The zero-order valence-electron chi connectivity index (χ0n) is 15.9. The molecule has 0 unspecified atom stereocenters. The quantitative estimate of drug-likeness (QED) is 0.752. The molecule has 6 heteroatoms. The molecular formula is C20H31FN4O. The maximum absolute atomic E-state index is 12.9. The van der Waals surface area contributed by atoms with Gasteiger partial charge in [0.1, 0.15) is 5.82 Å². The van der Waals surface area contributed by atoms with E-state index in [-0.39, 0.29) is 11.8 Å². The van der Waals surface area contributed by atoms with Crippen molar-refractivity contribution in [2.24, 2.45) is 0 Å². The molecule has 0 N–H and O–H groups in total. The maximum Gasteiger partial charge on any atom is 0.320 e. The standard InChI is InChI=1S/C20H31FN4O/c1-22-10-14-24(15-11-22)20(26)25-16-12-23(13-17-25)9-3-2-4-18-5-7-19(21)8-6-18/h5-8H,2-4,9-17H2,1H3. The van der Waals surface area contributed by atoms with Crippen LogP contribution in [0.25, 0.3) is 0 Å². The molecule has 0 aliphatic carbocycles. The van der Waals surface area contributed by atoms with E-state index < -0.39 is 0 Å². The molecule has 0 bridgehead atoms. The van der Waals surface area contributed by atoms with Crippen molar-refractivity contribution in [3.8, 4) is 0 Å². The summed E-state index contributed by atoms with van der Waals surface area (Å²) in [7, 11) is 2.11. The first-order chi connectivity index (χ1) is 12.6. The average molecular weight is 362 g/mol. The molecule has 144 valence electrons. The van der Waals surface area contributed by atoms with Crippen molar-refractivity contribution in [1.29, 1.82) is 0 Å². The Bertz CT molecular complexity index is 564. The van der Waals surface area contributed by atoms with Crippen LogP contribution in [0.15, 0.2) is 24.3 Å². The molecule has 26 heavy (non-hydrogen) atoms. The number of aryl methyl sites for hydroxylation is 1. The summed E-state index contributed by atoms with van der Waals surface area (Å²) >= 11 is 0. The van der Waals surface area contributed by atoms with E-state index >= 15 is 0 Å². The van der Waals surface area contributed by atoms with E-state index in [9.17, 15) is 9.18 Å². The number of hydrogen-bond acceptors (Lipinski definition) is 3. The van der Waals surface area contributed by atoms with Gasteiger partial charge in [0.05, 0.1) is 0 Å². The van der Waals surface area contributed by atoms with Gasteiger partial charge in [-0.15, -0.1) is 0 Å². The lowest BCUT2D eigenvalue weighted by molar-refractivity contribution is 0.0952. The summed E-state index contributed by atoms with van der Waals surface area (Å²) in [6.45, 7) is 8.33. The third-order valence-electron chi connectivity index (χ3n) is 5.52. The minimum Gasteiger partial charge on any atom is -0.322 e. The lowest BCUT2D eigenvalue weighted by atomic mass is 10.1. The Morgan fingerprint density at radius 1 is 0.885 bits per heavy atom. The number of halogens is 1. The molecular weight excluding hydrogens is 331 g/mol. The molecule has 2 aliphatic heterocycles. The van der Waals surface area contributed by atoms with Gasteiger partial charge in [0.2, 0.25) is 0 Å². The SMILES string of the molecule is CN1CCN(C(=O)N2CCN(CCCCc3ccc(F)cc3)CC2)CC1. The predicted molar refractivity (Wildman–Crippen MR) is 102 cm³/mol. The second kappa shape index (κ2) is 9.33. The molecule has 2 aliphatic rings. The van der Waals surface area contributed by atoms with Crippen molar-refractivity contribution in [2.45, 2.75) is 19.3 Å². The Morgan fingerprint density at radius 3 is 2.08 bits per heavy atom. The fourth-order valence-corrected chi connectivity index (χ4v) is 3.68. The van der Waals surface area contributed by atoms with Crippen LogP contribution in [-0.2, 0) is 6.42 Å². The monoisotopic (exact) mass is 362 g/mol. The first-order valence-corrected chi connectivity index (χ1v) is 9.81. The Hall–Kier alpha value is -1.66. The number of urea groups is 1. The van der Waals surface area contributed by atoms with E-state index in [2.05, 4.69) is 16.8 Å². The molecule has 5 nitrogen and oxygen atoms in total. The summed E-state index contributed by atoms with van der Waals surface area (Å²) in [6, 6.07) is 7.03. The van der Waals surface area contributed by atoms with Crippen LogP contribution in [0, 0.1) is 5.82 Å². The first kappa shape index (κ1) is 19.1. The van der Waals surface area contributed by atoms with Gasteiger partial charge < -0.3 is 14.7 Å². The van der Waals surface area contributed by atoms with Crippen LogP contribution in [0.2, 0.25) is 0 Å². The molecule has 2 fully saturated rings. The van der Waals surface area contributed by atoms with Crippen LogP contribution in [0.5, 0.6) is 0 Å². The Labute approximate surface area is 156 Å². The minimum atomic E-state index is -0.169. The Balaban J connectivity index is 1.31. The van der Waals surface area contributed by atoms with E-state index in [0.717, 1.165) is 78.2 Å². The molecule has 0 spiro atoms. The van der Waals surface area contributed by atoms with Crippen LogP contribution < -0.4 is 0 Å². The van der Waals surface area contributed by atoms with Gasteiger partial charge >= 0.3 is 6.03 Å². The highest BCUT2D eigenvalue weighted by atomic mass is 19.1. The van der Waals surface area contributed by atoms with E-state index in [1.807, 2.05) is 21.9 Å². The van der Waals surface area contributed by atoms with Gasteiger partial charge in [-0.2, -0.15) is 0 Å². The lowest BCUT2D eigenvalue weighted by Gasteiger charge is -2.40. The van der Waals surface area contributed by atoms with Crippen LogP contribution in [0.1, 0.15) is 18.4 Å². The molecule has 3 rings (SSSR count). The summed E-state index contributed by atoms with van der Waals surface area (Å²) in [5.74, 6) is -0.169. The van der Waals surface area contributed by atoms with Gasteiger partial charge in [0.25, 0.3) is 0 Å². The highest BCUT2D eigenvalue weighted by molar-refractivity contribution is 5.74. The van der Waals surface area contributed by atoms with Gasteiger partial charge in [0.15, 0.2) is 0 Å². The predicted octanol–water partition coefficient (Wildman–Crippen LogP) is 2.13. The van der Waals surface area contributed by atoms with Gasteiger partial charge in [-0.3, -0.25) is 4.90 Å². The molecule has 2 heterocycles. The summed E-state index contributed by atoms with van der Waals surface area (Å²) in [6.07, 6.45) is 3.26. The van der Waals surface area contributed by atoms with Crippen molar-refractivity contribution in [1.82, 2.24) is 19.6 Å². The molecule has 0 aromatic heterocycles. The summed E-state index contributed by atoms with van der Waals surface area (Å²) in [4.78, 5) is 21.3.